The van der Waals surface area contributed by atoms with Gasteiger partial charge in [-0.15, -0.1) is 0 Å². The zero-order chi connectivity index (χ0) is 28.7. The molecule has 1 saturated heterocycles. The van der Waals surface area contributed by atoms with Crippen molar-refractivity contribution in [2.75, 3.05) is 37.6 Å². The molecule has 1 aliphatic rings. The fourth-order valence-corrected chi connectivity index (χ4v) is 6.79. The Morgan fingerprint density at radius 2 is 1.88 bits per heavy atom. The molecule has 0 radical (unpaired) electrons. The standard InChI is InChI=1S/C28H29N7O5S/c1-18-3-6-24(19(2)11-18)41(38,39)25-14-31-35-23-12-21(4-5-22(23)28(37)32-27(25)35)34-9-7-33(8-10-34)15-26(36)29-13-20-16-40-17-30-20/h3-6,11-12,14,16-17H,7-10,13,15H2,1-2H3,(H,29,36)(H,32,37). The Morgan fingerprint density at radius 3 is 2.61 bits per heavy atom. The van der Waals surface area contributed by atoms with E-state index in [4.69, 9.17) is 4.42 Å². The largest absolute Gasteiger partial charge is 0.451 e. The van der Waals surface area contributed by atoms with Gasteiger partial charge in [-0.2, -0.15) is 5.10 Å². The Hall–Kier alpha value is -4.49. The molecule has 5 aromatic rings. The maximum atomic E-state index is 13.6. The van der Waals surface area contributed by atoms with Crippen molar-refractivity contribution in [3.8, 4) is 0 Å². The molecule has 0 saturated carbocycles. The van der Waals surface area contributed by atoms with E-state index in [0.29, 0.717) is 54.9 Å². The van der Waals surface area contributed by atoms with Crippen LogP contribution in [0.15, 0.2) is 74.3 Å². The fourth-order valence-electron chi connectivity index (χ4n) is 5.24. The molecule has 0 atom stereocenters. The van der Waals surface area contributed by atoms with Crippen LogP contribution in [0.2, 0.25) is 0 Å². The summed E-state index contributed by atoms with van der Waals surface area (Å²) in [5.74, 6) is -0.0842. The molecular weight excluding hydrogens is 546 g/mol. The minimum Gasteiger partial charge on any atom is -0.451 e. The van der Waals surface area contributed by atoms with Gasteiger partial charge in [0.2, 0.25) is 15.7 Å². The summed E-state index contributed by atoms with van der Waals surface area (Å²) in [5.41, 5.74) is 3.38. The molecule has 6 rings (SSSR count). The predicted octanol–water partition coefficient (Wildman–Crippen LogP) is 2.05. The normalized spacial score (nSPS) is 14.6. The molecule has 0 aliphatic carbocycles. The Labute approximate surface area is 235 Å². The van der Waals surface area contributed by atoms with Gasteiger partial charge in [0.25, 0.3) is 5.56 Å². The summed E-state index contributed by atoms with van der Waals surface area (Å²) in [4.78, 5) is 36.5. The number of amides is 1. The van der Waals surface area contributed by atoms with Crippen molar-refractivity contribution in [1.82, 2.24) is 29.8 Å². The van der Waals surface area contributed by atoms with Crippen LogP contribution in [-0.4, -0.2) is 71.5 Å². The molecule has 212 valence electrons. The third kappa shape index (κ3) is 5.09. The van der Waals surface area contributed by atoms with E-state index >= 15 is 0 Å². The number of aromatic amines is 1. The number of hydrogen-bond donors (Lipinski definition) is 2. The average Bonchev–Trinajstić information content (AvgIpc) is 3.63. The van der Waals surface area contributed by atoms with Crippen LogP contribution in [0.4, 0.5) is 5.69 Å². The molecule has 0 bridgehead atoms. The number of piperazine rings is 1. The number of rotatable bonds is 7. The lowest BCUT2D eigenvalue weighted by Crippen LogP contribution is -2.49. The molecule has 0 unspecified atom stereocenters. The van der Waals surface area contributed by atoms with Gasteiger partial charge in [0.1, 0.15) is 11.2 Å². The molecule has 12 nitrogen and oxygen atoms in total. The van der Waals surface area contributed by atoms with Gasteiger partial charge in [0.15, 0.2) is 12.0 Å². The number of anilines is 1. The smallest absolute Gasteiger partial charge is 0.259 e. The van der Waals surface area contributed by atoms with E-state index in [2.05, 4.69) is 30.2 Å². The molecule has 2 aromatic carbocycles. The number of carbonyl (C=O) groups excluding carboxylic acids is 1. The Balaban J connectivity index is 1.23. The quantitative estimate of drug-likeness (QED) is 0.298. The van der Waals surface area contributed by atoms with Crippen LogP contribution in [0.25, 0.3) is 16.6 Å². The van der Waals surface area contributed by atoms with Gasteiger partial charge in [0, 0.05) is 31.9 Å². The molecule has 1 amide bonds. The Morgan fingerprint density at radius 1 is 1.07 bits per heavy atom. The number of oxazole rings is 1. The highest BCUT2D eigenvalue weighted by atomic mass is 32.2. The summed E-state index contributed by atoms with van der Waals surface area (Å²) in [6, 6.07) is 10.6. The minimum absolute atomic E-state index is 0.0516. The summed E-state index contributed by atoms with van der Waals surface area (Å²) >= 11 is 0. The number of hydrogen-bond acceptors (Lipinski definition) is 9. The monoisotopic (exact) mass is 575 g/mol. The van der Waals surface area contributed by atoms with Gasteiger partial charge >= 0.3 is 0 Å². The van der Waals surface area contributed by atoms with E-state index in [0.717, 1.165) is 11.3 Å². The molecule has 4 heterocycles. The number of sulfone groups is 1. The van der Waals surface area contributed by atoms with Gasteiger partial charge in [-0.3, -0.25) is 14.5 Å². The number of fused-ring (bicyclic) bond motifs is 3. The first-order valence-electron chi connectivity index (χ1n) is 13.2. The molecule has 41 heavy (non-hydrogen) atoms. The number of carbonyl (C=O) groups is 1. The van der Waals surface area contributed by atoms with E-state index in [1.807, 2.05) is 25.1 Å². The topological polar surface area (TPSA) is 146 Å². The summed E-state index contributed by atoms with van der Waals surface area (Å²) in [6.07, 6.45) is 4.12. The van der Waals surface area contributed by atoms with Crippen molar-refractivity contribution in [3.63, 3.8) is 0 Å². The molecule has 13 heteroatoms. The summed E-state index contributed by atoms with van der Waals surface area (Å²) in [6.45, 7) is 6.98. The second-order valence-electron chi connectivity index (χ2n) is 10.2. The highest BCUT2D eigenvalue weighted by Crippen LogP contribution is 2.29. The van der Waals surface area contributed by atoms with Gasteiger partial charge < -0.3 is 19.6 Å². The highest BCUT2D eigenvalue weighted by Gasteiger charge is 2.26. The summed E-state index contributed by atoms with van der Waals surface area (Å²) in [7, 11) is -3.93. The van der Waals surface area contributed by atoms with Crippen molar-refractivity contribution in [2.24, 2.45) is 0 Å². The molecule has 1 aliphatic heterocycles. The van der Waals surface area contributed by atoms with Crippen LogP contribution in [0.1, 0.15) is 16.8 Å². The van der Waals surface area contributed by atoms with Crippen molar-refractivity contribution >= 4 is 38.0 Å². The van der Waals surface area contributed by atoms with Crippen LogP contribution in [-0.2, 0) is 21.2 Å². The molecule has 2 N–H and O–H groups in total. The Bertz CT molecular complexity index is 1920. The Kier molecular flexibility index (Phi) is 6.83. The minimum atomic E-state index is -3.93. The van der Waals surface area contributed by atoms with E-state index in [-0.39, 0.29) is 27.9 Å². The third-order valence-corrected chi connectivity index (χ3v) is 9.30. The maximum absolute atomic E-state index is 13.6. The van der Waals surface area contributed by atoms with Gasteiger partial charge in [-0.1, -0.05) is 17.7 Å². The van der Waals surface area contributed by atoms with Crippen molar-refractivity contribution in [2.45, 2.75) is 30.2 Å². The van der Waals surface area contributed by atoms with E-state index in [1.165, 1.54) is 23.4 Å². The van der Waals surface area contributed by atoms with Crippen LogP contribution in [0, 0.1) is 13.8 Å². The van der Waals surface area contributed by atoms with Crippen LogP contribution < -0.4 is 15.8 Å². The number of aryl methyl sites for hydroxylation is 2. The zero-order valence-electron chi connectivity index (χ0n) is 22.6. The SMILES string of the molecule is Cc1ccc(S(=O)(=O)c2cnn3c2[nH]c(=O)c2ccc(N4CCN(CC(=O)NCc5cocn5)CC4)cc23)c(C)c1. The first-order valence-corrected chi connectivity index (χ1v) is 14.7. The van der Waals surface area contributed by atoms with Crippen molar-refractivity contribution < 1.29 is 17.6 Å². The van der Waals surface area contributed by atoms with Crippen molar-refractivity contribution in [3.05, 3.63) is 82.4 Å². The van der Waals surface area contributed by atoms with E-state index < -0.39 is 15.4 Å². The first-order chi connectivity index (χ1) is 19.7. The van der Waals surface area contributed by atoms with E-state index in [1.54, 1.807) is 25.1 Å². The van der Waals surface area contributed by atoms with Gasteiger partial charge in [-0.25, -0.2) is 17.9 Å². The number of nitrogens with one attached hydrogen (secondary N) is 2. The number of H-pyrrole nitrogens is 1. The first kappa shape index (κ1) is 26.7. The average molecular weight is 576 g/mol. The molecule has 1 fully saturated rings. The lowest BCUT2D eigenvalue weighted by molar-refractivity contribution is -0.122. The number of aromatic nitrogens is 4. The maximum Gasteiger partial charge on any atom is 0.259 e. The second-order valence-corrected chi connectivity index (χ2v) is 12.1. The van der Waals surface area contributed by atoms with Crippen LogP contribution >= 0.6 is 0 Å². The van der Waals surface area contributed by atoms with Crippen LogP contribution in [0.5, 0.6) is 0 Å². The summed E-state index contributed by atoms with van der Waals surface area (Å²) in [5, 5.41) is 7.63. The predicted molar refractivity (Wildman–Crippen MR) is 152 cm³/mol. The van der Waals surface area contributed by atoms with E-state index in [9.17, 15) is 18.0 Å². The highest BCUT2D eigenvalue weighted by molar-refractivity contribution is 7.91. The third-order valence-electron chi connectivity index (χ3n) is 7.39. The zero-order valence-corrected chi connectivity index (χ0v) is 23.4. The molecule has 0 spiro atoms. The van der Waals surface area contributed by atoms with Gasteiger partial charge in [0.05, 0.1) is 40.8 Å². The molecular formula is C28H29N7O5S. The van der Waals surface area contributed by atoms with Crippen molar-refractivity contribution in [1.29, 1.82) is 0 Å². The fraction of sp³-hybridized carbons (Fsp3) is 0.286. The number of nitrogens with zero attached hydrogens (tertiary/aromatic N) is 5. The summed E-state index contributed by atoms with van der Waals surface area (Å²) < 4.78 is 33.6. The molecule has 3 aromatic heterocycles. The second kappa shape index (κ2) is 10.5. The lowest BCUT2D eigenvalue weighted by atomic mass is 10.2. The lowest BCUT2D eigenvalue weighted by Gasteiger charge is -2.35. The van der Waals surface area contributed by atoms with Crippen LogP contribution in [0.3, 0.4) is 0 Å². The van der Waals surface area contributed by atoms with Gasteiger partial charge in [-0.05, 0) is 43.7 Å². The number of benzene rings is 2.